The third kappa shape index (κ3) is 5.01. The fourth-order valence-electron chi connectivity index (χ4n) is 2.87. The van der Waals surface area contributed by atoms with E-state index in [2.05, 4.69) is 62.2 Å². The second-order valence-electron chi connectivity index (χ2n) is 6.90. The fourth-order valence-corrected chi connectivity index (χ4v) is 2.87. The molecule has 1 aliphatic rings. The predicted octanol–water partition coefficient (Wildman–Crippen LogP) is 3.58. The highest BCUT2D eigenvalue weighted by Crippen LogP contribution is 2.24. The molecule has 21 heavy (non-hydrogen) atoms. The minimum absolute atomic E-state index is 0.0631. The smallest absolute Gasteiger partial charge is 0.0648 e. The average Bonchev–Trinajstić information content (AvgIpc) is 2.59. The first-order valence-corrected chi connectivity index (χ1v) is 8.20. The average molecular weight is 290 g/mol. The summed E-state index contributed by atoms with van der Waals surface area (Å²) in [4.78, 5) is 2.49. The molecule has 0 fully saturated rings. The molecule has 1 aromatic rings. The highest BCUT2D eigenvalue weighted by atomic mass is 16.5. The van der Waals surface area contributed by atoms with Crippen LogP contribution in [-0.4, -0.2) is 31.3 Å². The van der Waals surface area contributed by atoms with E-state index in [1.165, 1.54) is 24.1 Å². The van der Waals surface area contributed by atoms with Crippen LogP contribution in [0.5, 0.6) is 0 Å². The molecule has 0 spiro atoms. The summed E-state index contributed by atoms with van der Waals surface area (Å²) < 4.78 is 5.92. The van der Waals surface area contributed by atoms with Gasteiger partial charge in [-0.05, 0) is 38.8 Å². The summed E-state index contributed by atoms with van der Waals surface area (Å²) in [5, 5.41) is 3.69. The van der Waals surface area contributed by atoms with Gasteiger partial charge in [0.05, 0.1) is 12.2 Å². The monoisotopic (exact) mass is 290 g/mol. The van der Waals surface area contributed by atoms with Crippen LogP contribution >= 0.6 is 0 Å². The summed E-state index contributed by atoms with van der Waals surface area (Å²) in [5.41, 5.74) is 2.69. The van der Waals surface area contributed by atoms with Crippen LogP contribution in [0.3, 0.4) is 0 Å². The molecule has 1 aliphatic heterocycles. The third-order valence-corrected chi connectivity index (χ3v) is 3.89. The lowest BCUT2D eigenvalue weighted by Crippen LogP contribution is -2.40. The van der Waals surface area contributed by atoms with Crippen LogP contribution in [0.1, 0.15) is 46.1 Å². The fraction of sp³-hybridized carbons (Fsp3) is 0.667. The summed E-state index contributed by atoms with van der Waals surface area (Å²) in [6, 6.07) is 9.30. The molecule has 0 saturated carbocycles. The van der Waals surface area contributed by atoms with E-state index in [1.807, 2.05) is 0 Å². The topological polar surface area (TPSA) is 24.5 Å². The van der Waals surface area contributed by atoms with Crippen LogP contribution in [0.4, 0.5) is 5.69 Å². The Kier molecular flexibility index (Phi) is 5.65. The molecule has 118 valence electrons. The Morgan fingerprint density at radius 2 is 2.05 bits per heavy atom. The second kappa shape index (κ2) is 7.28. The maximum atomic E-state index is 5.92. The van der Waals surface area contributed by atoms with Gasteiger partial charge >= 0.3 is 0 Å². The van der Waals surface area contributed by atoms with Crippen LogP contribution in [0, 0.1) is 0 Å². The van der Waals surface area contributed by atoms with Gasteiger partial charge < -0.3 is 15.0 Å². The van der Waals surface area contributed by atoms with Crippen molar-refractivity contribution in [2.75, 3.05) is 24.6 Å². The largest absolute Gasteiger partial charge is 0.374 e. The van der Waals surface area contributed by atoms with E-state index in [0.29, 0.717) is 6.04 Å². The summed E-state index contributed by atoms with van der Waals surface area (Å²) in [5.74, 6) is 0. The highest BCUT2D eigenvalue weighted by Gasteiger charge is 2.21. The first kappa shape index (κ1) is 16.3. The van der Waals surface area contributed by atoms with Crippen molar-refractivity contribution in [2.24, 2.45) is 0 Å². The van der Waals surface area contributed by atoms with Gasteiger partial charge in [0.1, 0.15) is 0 Å². The number of fused-ring (bicyclic) bond motifs is 1. The van der Waals surface area contributed by atoms with Crippen molar-refractivity contribution >= 4 is 5.69 Å². The van der Waals surface area contributed by atoms with Gasteiger partial charge in [0, 0.05) is 31.4 Å². The van der Waals surface area contributed by atoms with Gasteiger partial charge in [0.2, 0.25) is 0 Å². The molecule has 3 nitrogen and oxygen atoms in total. The van der Waals surface area contributed by atoms with Gasteiger partial charge in [-0.25, -0.2) is 0 Å². The van der Waals surface area contributed by atoms with Crippen molar-refractivity contribution in [2.45, 2.75) is 58.7 Å². The van der Waals surface area contributed by atoms with Gasteiger partial charge in [0.25, 0.3) is 0 Å². The Morgan fingerprint density at radius 1 is 1.29 bits per heavy atom. The van der Waals surface area contributed by atoms with Crippen molar-refractivity contribution < 1.29 is 4.74 Å². The summed E-state index contributed by atoms with van der Waals surface area (Å²) in [6.07, 6.45) is 2.45. The number of nitrogens with one attached hydrogen (secondary N) is 1. The molecule has 0 aliphatic carbocycles. The van der Waals surface area contributed by atoms with E-state index in [0.717, 1.165) is 26.2 Å². The number of nitrogens with zero attached hydrogens (tertiary/aromatic N) is 1. The summed E-state index contributed by atoms with van der Waals surface area (Å²) in [6.45, 7) is 12.4. The van der Waals surface area contributed by atoms with Gasteiger partial charge in [-0.2, -0.15) is 0 Å². The zero-order valence-electron chi connectivity index (χ0n) is 14.0. The van der Waals surface area contributed by atoms with Crippen molar-refractivity contribution in [3.8, 4) is 0 Å². The zero-order valence-corrected chi connectivity index (χ0v) is 14.0. The molecule has 1 unspecified atom stereocenters. The molecule has 0 amide bonds. The van der Waals surface area contributed by atoms with Crippen molar-refractivity contribution in [1.29, 1.82) is 0 Å². The second-order valence-corrected chi connectivity index (χ2v) is 6.90. The van der Waals surface area contributed by atoms with Crippen LogP contribution in [-0.2, 0) is 11.3 Å². The minimum Gasteiger partial charge on any atom is -0.374 e. The molecule has 0 bridgehead atoms. The first-order chi connectivity index (χ1) is 9.99. The van der Waals surface area contributed by atoms with E-state index in [9.17, 15) is 0 Å². The van der Waals surface area contributed by atoms with Crippen molar-refractivity contribution in [3.05, 3.63) is 29.8 Å². The van der Waals surface area contributed by atoms with Gasteiger partial charge in [-0.3, -0.25) is 0 Å². The van der Waals surface area contributed by atoms with E-state index in [1.54, 1.807) is 0 Å². The first-order valence-electron chi connectivity index (χ1n) is 8.20. The predicted molar refractivity (Wildman–Crippen MR) is 89.9 cm³/mol. The van der Waals surface area contributed by atoms with Crippen LogP contribution in [0.2, 0.25) is 0 Å². The molecular weight excluding hydrogens is 260 g/mol. The lowest BCUT2D eigenvalue weighted by atomic mass is 10.1. The van der Waals surface area contributed by atoms with Crippen molar-refractivity contribution in [1.82, 2.24) is 5.32 Å². The number of hydrogen-bond acceptors (Lipinski definition) is 3. The zero-order chi connectivity index (χ0) is 15.3. The number of rotatable bonds is 5. The number of benzene rings is 1. The van der Waals surface area contributed by atoms with Gasteiger partial charge in [0.15, 0.2) is 0 Å². The quantitative estimate of drug-likeness (QED) is 0.897. The number of ether oxygens (including phenoxy) is 1. The van der Waals surface area contributed by atoms with Crippen LogP contribution in [0.25, 0.3) is 0 Å². The van der Waals surface area contributed by atoms with Crippen LogP contribution in [0.15, 0.2) is 24.3 Å². The Bertz CT molecular complexity index is 439. The minimum atomic E-state index is -0.0631. The Labute approximate surface area is 129 Å². The van der Waals surface area contributed by atoms with Gasteiger partial charge in [-0.1, -0.05) is 31.5 Å². The molecule has 1 atom stereocenters. The van der Waals surface area contributed by atoms with Gasteiger partial charge in [-0.15, -0.1) is 0 Å². The molecule has 0 radical (unpaired) electrons. The SMILES string of the molecule is CCCC1CN(CCOC(C)(C)C)c2ccccc2CN1. The maximum absolute atomic E-state index is 5.92. The third-order valence-electron chi connectivity index (χ3n) is 3.89. The Morgan fingerprint density at radius 3 is 2.76 bits per heavy atom. The lowest BCUT2D eigenvalue weighted by Gasteiger charge is -2.29. The standard InChI is InChI=1S/C18H30N2O/c1-5-8-16-14-20(11-12-21-18(2,3)4)17-10-7-6-9-15(17)13-19-16/h6-7,9-10,16,19H,5,8,11-14H2,1-4H3. The normalized spacial score (nSPS) is 19.2. The van der Waals surface area contributed by atoms with Crippen molar-refractivity contribution in [3.63, 3.8) is 0 Å². The molecular formula is C18H30N2O. The van der Waals surface area contributed by atoms with E-state index in [4.69, 9.17) is 4.74 Å². The van der Waals surface area contributed by atoms with E-state index in [-0.39, 0.29) is 5.60 Å². The maximum Gasteiger partial charge on any atom is 0.0648 e. The molecule has 1 heterocycles. The number of hydrogen-bond donors (Lipinski definition) is 1. The molecule has 1 aromatic carbocycles. The number of anilines is 1. The molecule has 1 N–H and O–H groups in total. The van der Waals surface area contributed by atoms with E-state index < -0.39 is 0 Å². The Balaban J connectivity index is 2.06. The van der Waals surface area contributed by atoms with Crippen LogP contribution < -0.4 is 10.2 Å². The highest BCUT2D eigenvalue weighted by molar-refractivity contribution is 5.54. The Hall–Kier alpha value is -1.06. The lowest BCUT2D eigenvalue weighted by molar-refractivity contribution is 0.00129. The van der Waals surface area contributed by atoms with E-state index >= 15 is 0 Å². The summed E-state index contributed by atoms with van der Waals surface area (Å²) in [7, 11) is 0. The molecule has 0 saturated heterocycles. The molecule has 3 heteroatoms. The molecule has 0 aromatic heterocycles. The molecule has 2 rings (SSSR count). The summed E-state index contributed by atoms with van der Waals surface area (Å²) >= 11 is 0. The number of para-hydroxylation sites is 1.